The van der Waals surface area contributed by atoms with Gasteiger partial charge in [-0.1, -0.05) is 35.0 Å². The first-order chi connectivity index (χ1) is 7.52. The lowest BCUT2D eigenvalue weighted by Gasteiger charge is -2.38. The van der Waals surface area contributed by atoms with Gasteiger partial charge in [-0.25, -0.2) is 0 Å². The number of benzene rings is 1. The molecule has 0 spiro atoms. The maximum atomic E-state index is 5.66. The molecule has 16 heavy (non-hydrogen) atoms. The van der Waals surface area contributed by atoms with Gasteiger partial charge in [0.05, 0.1) is 0 Å². The summed E-state index contributed by atoms with van der Waals surface area (Å²) in [7, 11) is 0. The SMILES string of the molecule is CCN(CCN)C(C)(C)c1cccc(Br)c1. The van der Waals surface area contributed by atoms with E-state index in [9.17, 15) is 0 Å². The van der Waals surface area contributed by atoms with Gasteiger partial charge in [-0.15, -0.1) is 0 Å². The molecular formula is C13H21BrN2. The molecule has 0 saturated carbocycles. The minimum absolute atomic E-state index is 0.0257. The van der Waals surface area contributed by atoms with Gasteiger partial charge in [0.2, 0.25) is 0 Å². The largest absolute Gasteiger partial charge is 0.329 e. The Kier molecular flexibility index (Phi) is 4.96. The van der Waals surface area contributed by atoms with Crippen LogP contribution in [0.25, 0.3) is 0 Å². The molecule has 0 radical (unpaired) electrons. The van der Waals surface area contributed by atoms with Crippen LogP contribution in [0, 0.1) is 0 Å². The number of rotatable bonds is 5. The van der Waals surface area contributed by atoms with Gasteiger partial charge in [0.15, 0.2) is 0 Å². The Morgan fingerprint density at radius 3 is 2.56 bits per heavy atom. The van der Waals surface area contributed by atoms with E-state index in [-0.39, 0.29) is 5.54 Å². The molecule has 0 aliphatic rings. The van der Waals surface area contributed by atoms with Gasteiger partial charge in [0, 0.05) is 23.1 Å². The van der Waals surface area contributed by atoms with Crippen LogP contribution in [0.15, 0.2) is 28.7 Å². The first kappa shape index (κ1) is 13.7. The van der Waals surface area contributed by atoms with Crippen molar-refractivity contribution in [3.63, 3.8) is 0 Å². The van der Waals surface area contributed by atoms with Crippen LogP contribution < -0.4 is 5.73 Å². The predicted octanol–water partition coefficient (Wildman–Crippen LogP) is 2.96. The van der Waals surface area contributed by atoms with E-state index in [1.165, 1.54) is 5.56 Å². The van der Waals surface area contributed by atoms with Gasteiger partial charge in [-0.2, -0.15) is 0 Å². The molecule has 0 saturated heterocycles. The number of hydrogen-bond donors (Lipinski definition) is 1. The van der Waals surface area contributed by atoms with Crippen LogP contribution in [0.1, 0.15) is 26.3 Å². The molecule has 0 amide bonds. The smallest absolute Gasteiger partial charge is 0.0405 e. The summed E-state index contributed by atoms with van der Waals surface area (Å²) in [5.41, 5.74) is 7.00. The first-order valence-electron chi connectivity index (χ1n) is 5.73. The summed E-state index contributed by atoms with van der Waals surface area (Å²) in [6.45, 7) is 9.30. The topological polar surface area (TPSA) is 29.3 Å². The zero-order valence-electron chi connectivity index (χ0n) is 10.3. The van der Waals surface area contributed by atoms with Gasteiger partial charge >= 0.3 is 0 Å². The third-order valence-corrected chi connectivity index (χ3v) is 3.60. The average molecular weight is 285 g/mol. The molecule has 0 aromatic heterocycles. The maximum Gasteiger partial charge on any atom is 0.0405 e. The highest BCUT2D eigenvalue weighted by Crippen LogP contribution is 2.29. The van der Waals surface area contributed by atoms with Crippen molar-refractivity contribution >= 4 is 15.9 Å². The van der Waals surface area contributed by atoms with Crippen molar-refractivity contribution < 1.29 is 0 Å². The van der Waals surface area contributed by atoms with Crippen molar-refractivity contribution in [3.8, 4) is 0 Å². The molecule has 1 aromatic carbocycles. The van der Waals surface area contributed by atoms with Gasteiger partial charge in [0.1, 0.15) is 0 Å². The van der Waals surface area contributed by atoms with E-state index in [1.807, 2.05) is 0 Å². The summed E-state index contributed by atoms with van der Waals surface area (Å²) in [6, 6.07) is 8.49. The maximum absolute atomic E-state index is 5.66. The van der Waals surface area contributed by atoms with Crippen molar-refractivity contribution in [3.05, 3.63) is 34.3 Å². The van der Waals surface area contributed by atoms with E-state index in [0.29, 0.717) is 6.54 Å². The Morgan fingerprint density at radius 2 is 2.06 bits per heavy atom. The van der Waals surface area contributed by atoms with E-state index in [4.69, 9.17) is 5.73 Å². The summed E-state index contributed by atoms with van der Waals surface area (Å²) in [5.74, 6) is 0. The number of halogens is 1. The van der Waals surface area contributed by atoms with Crippen LogP contribution >= 0.6 is 15.9 Å². The van der Waals surface area contributed by atoms with E-state index in [2.05, 4.69) is 65.9 Å². The second-order valence-electron chi connectivity index (χ2n) is 4.44. The molecule has 0 aliphatic carbocycles. The minimum atomic E-state index is 0.0257. The molecule has 2 N–H and O–H groups in total. The van der Waals surface area contributed by atoms with Crippen LogP contribution in [0.4, 0.5) is 0 Å². The Labute approximate surface area is 107 Å². The average Bonchev–Trinajstić information content (AvgIpc) is 2.25. The van der Waals surface area contributed by atoms with Crippen LogP contribution in [0.2, 0.25) is 0 Å². The molecule has 0 heterocycles. The predicted molar refractivity (Wildman–Crippen MR) is 73.5 cm³/mol. The lowest BCUT2D eigenvalue weighted by atomic mass is 9.92. The minimum Gasteiger partial charge on any atom is -0.329 e. The summed E-state index contributed by atoms with van der Waals surface area (Å²) >= 11 is 3.52. The van der Waals surface area contributed by atoms with Gasteiger partial charge in [-0.05, 0) is 38.1 Å². The van der Waals surface area contributed by atoms with Crippen LogP contribution in [0.5, 0.6) is 0 Å². The van der Waals surface area contributed by atoms with Crippen molar-refractivity contribution in [1.29, 1.82) is 0 Å². The normalized spacial score (nSPS) is 12.1. The first-order valence-corrected chi connectivity index (χ1v) is 6.52. The summed E-state index contributed by atoms with van der Waals surface area (Å²) in [6.07, 6.45) is 0. The Morgan fingerprint density at radius 1 is 1.38 bits per heavy atom. The highest BCUT2D eigenvalue weighted by molar-refractivity contribution is 9.10. The summed E-state index contributed by atoms with van der Waals surface area (Å²) < 4.78 is 1.13. The van der Waals surface area contributed by atoms with E-state index < -0.39 is 0 Å². The fraction of sp³-hybridized carbons (Fsp3) is 0.538. The van der Waals surface area contributed by atoms with E-state index in [0.717, 1.165) is 17.6 Å². The van der Waals surface area contributed by atoms with Gasteiger partial charge < -0.3 is 5.73 Å². The van der Waals surface area contributed by atoms with Crippen molar-refractivity contribution in [1.82, 2.24) is 4.90 Å². The third kappa shape index (κ3) is 3.06. The van der Waals surface area contributed by atoms with Crippen LogP contribution in [-0.4, -0.2) is 24.5 Å². The number of hydrogen-bond acceptors (Lipinski definition) is 2. The number of likely N-dealkylation sites (N-methyl/N-ethyl adjacent to an activating group) is 1. The zero-order chi connectivity index (χ0) is 12.2. The van der Waals surface area contributed by atoms with Crippen molar-refractivity contribution in [2.75, 3.05) is 19.6 Å². The lowest BCUT2D eigenvalue weighted by molar-refractivity contribution is 0.131. The fourth-order valence-electron chi connectivity index (χ4n) is 2.04. The number of nitrogens with zero attached hydrogens (tertiary/aromatic N) is 1. The van der Waals surface area contributed by atoms with Crippen LogP contribution in [-0.2, 0) is 5.54 Å². The molecule has 3 heteroatoms. The summed E-state index contributed by atoms with van der Waals surface area (Å²) in [4.78, 5) is 2.40. The quantitative estimate of drug-likeness (QED) is 0.901. The Hall–Kier alpha value is -0.380. The fourth-order valence-corrected chi connectivity index (χ4v) is 2.44. The highest BCUT2D eigenvalue weighted by Gasteiger charge is 2.26. The molecule has 2 nitrogen and oxygen atoms in total. The zero-order valence-corrected chi connectivity index (χ0v) is 11.9. The Balaban J connectivity index is 2.98. The standard InChI is InChI=1S/C13H21BrN2/c1-4-16(9-8-15)13(2,3)11-6-5-7-12(14)10-11/h5-7,10H,4,8-9,15H2,1-3H3. The van der Waals surface area contributed by atoms with Crippen molar-refractivity contribution in [2.24, 2.45) is 5.73 Å². The van der Waals surface area contributed by atoms with Gasteiger partial charge in [0.25, 0.3) is 0 Å². The second-order valence-corrected chi connectivity index (χ2v) is 5.35. The molecule has 90 valence electrons. The Bertz CT molecular complexity index is 336. The van der Waals surface area contributed by atoms with Gasteiger partial charge in [-0.3, -0.25) is 4.90 Å². The highest BCUT2D eigenvalue weighted by atomic mass is 79.9. The van der Waals surface area contributed by atoms with Crippen LogP contribution in [0.3, 0.4) is 0 Å². The molecular weight excluding hydrogens is 264 g/mol. The molecule has 0 bridgehead atoms. The lowest BCUT2D eigenvalue weighted by Crippen LogP contribution is -2.44. The van der Waals surface area contributed by atoms with E-state index >= 15 is 0 Å². The molecule has 0 atom stereocenters. The monoisotopic (exact) mass is 284 g/mol. The van der Waals surface area contributed by atoms with E-state index in [1.54, 1.807) is 0 Å². The molecule has 0 unspecified atom stereocenters. The molecule has 0 fully saturated rings. The number of nitrogens with two attached hydrogens (primary N) is 1. The second kappa shape index (κ2) is 5.80. The third-order valence-electron chi connectivity index (χ3n) is 3.10. The van der Waals surface area contributed by atoms with Crippen molar-refractivity contribution in [2.45, 2.75) is 26.3 Å². The molecule has 0 aliphatic heterocycles. The summed E-state index contributed by atoms with van der Waals surface area (Å²) in [5, 5.41) is 0. The molecule has 1 rings (SSSR count). The molecule has 1 aromatic rings.